The number of aliphatic hydroxyl groups is 1. The van der Waals surface area contributed by atoms with Gasteiger partial charge in [-0.15, -0.1) is 6.07 Å². The maximum Gasteiger partial charge on any atom is 1.00 e. The van der Waals surface area contributed by atoms with Gasteiger partial charge < -0.3 is 47.3 Å². The van der Waals surface area contributed by atoms with E-state index >= 15 is 0 Å². The van der Waals surface area contributed by atoms with Crippen LogP contribution in [-0.2, 0) is 81.0 Å². The summed E-state index contributed by atoms with van der Waals surface area (Å²) in [5, 5.41) is 20.3. The maximum atomic E-state index is 8.73. The van der Waals surface area contributed by atoms with Gasteiger partial charge in [0, 0.05) is 97.3 Å². The van der Waals surface area contributed by atoms with Crippen LogP contribution in [0.15, 0.2) is 90.5 Å². The molecule has 7 rings (SSSR count). The number of ether oxygens (including phenoxy) is 2. The van der Waals surface area contributed by atoms with E-state index in [9.17, 15) is 0 Å². The van der Waals surface area contributed by atoms with Crippen LogP contribution in [0.25, 0.3) is 32.9 Å². The maximum absolute atomic E-state index is 8.73. The quantitative estimate of drug-likeness (QED) is 0.0832. The summed E-state index contributed by atoms with van der Waals surface area (Å²) in [4.78, 5) is 11.2. The van der Waals surface area contributed by atoms with Gasteiger partial charge in [0.15, 0.2) is 0 Å². The molecule has 16 heteroatoms. The third kappa shape index (κ3) is 13.4. The summed E-state index contributed by atoms with van der Waals surface area (Å²) in [6.07, 6.45) is 0. The Hall–Kier alpha value is -0.841. The number of fused-ring (bicyclic) bond motifs is 3. The second-order valence-corrected chi connectivity index (χ2v) is 12.8. The number of carbonyl (C=O) groups excluding carboxylic acids is 1. The van der Waals surface area contributed by atoms with Crippen molar-refractivity contribution >= 4 is 97.4 Å². The molecule has 1 N–H and O–H groups in total. The van der Waals surface area contributed by atoms with E-state index in [-0.39, 0.29) is 123 Å². The minimum Gasteiger partial charge on any atom is -0.662 e. The number of rotatable bonds is 7. The fourth-order valence-electron chi connectivity index (χ4n) is 4.80. The van der Waals surface area contributed by atoms with Gasteiger partial charge in [-0.3, -0.25) is 4.79 Å². The third-order valence-electron chi connectivity index (χ3n) is 7.83. The Balaban J connectivity index is 0.000000379. The van der Waals surface area contributed by atoms with Gasteiger partial charge in [0.2, 0.25) is 0 Å². The molecule has 0 saturated carbocycles. The van der Waals surface area contributed by atoms with Gasteiger partial charge in [-0.25, -0.2) is 0 Å². The van der Waals surface area contributed by atoms with E-state index in [0.29, 0.717) is 19.0 Å². The molecule has 0 atom stereocenters. The van der Waals surface area contributed by atoms with E-state index in [4.69, 9.17) is 47.2 Å². The minimum atomic E-state index is -0.347. The van der Waals surface area contributed by atoms with E-state index < -0.39 is 0 Å². The van der Waals surface area contributed by atoms with Crippen LogP contribution in [0, 0.1) is 6.07 Å². The van der Waals surface area contributed by atoms with E-state index in [0.717, 1.165) is 54.4 Å². The number of methoxy groups -OCH3 is 2. The number of carbonyl (C=O) groups is 1. The molecule has 4 heterocycles. The van der Waals surface area contributed by atoms with Crippen LogP contribution in [0.1, 0.15) is 45.0 Å². The van der Waals surface area contributed by atoms with Crippen LogP contribution in [0.5, 0.6) is 0 Å². The molecule has 0 unspecified atom stereocenters. The molecule has 1 saturated heterocycles. The van der Waals surface area contributed by atoms with Crippen LogP contribution < -0.4 is 40.3 Å². The molecule has 0 amide bonds. The predicted molar refractivity (Wildman–Crippen MR) is 191 cm³/mol. The van der Waals surface area contributed by atoms with Crippen molar-refractivity contribution in [1.29, 1.82) is 0 Å². The van der Waals surface area contributed by atoms with Crippen LogP contribution in [0.3, 0.4) is 0 Å². The van der Waals surface area contributed by atoms with Crippen molar-refractivity contribution in [2.45, 2.75) is 58.7 Å². The normalized spacial score (nSPS) is 13.6. The molecule has 3 aromatic heterocycles. The SMILES string of the molecule is COCc1cc2cc(B3OC(C)(C)C(C)(C)O3)ccc2o1.COCc1cc2cc(Br)ccc2o1.O=CO[O-].OCc1cc2c[c-]ccc2o1.[Na+].[Na].[Y]. The first-order chi connectivity index (χ1) is 23.4. The molecule has 2 radical (unpaired) electrons. The van der Waals surface area contributed by atoms with Gasteiger partial charge in [-0.1, -0.05) is 39.5 Å². The Morgan fingerprint density at radius 3 is 1.79 bits per heavy atom. The van der Waals surface area contributed by atoms with Gasteiger partial charge in [0.1, 0.15) is 41.7 Å². The average Bonchev–Trinajstić information content (AvgIpc) is 3.84. The van der Waals surface area contributed by atoms with Crippen molar-refractivity contribution in [3.05, 3.63) is 101 Å². The fraction of sp³-hybridized carbons (Fsp3) is 0.306. The van der Waals surface area contributed by atoms with E-state index in [1.807, 2.05) is 60.7 Å². The molecule has 3 aromatic carbocycles. The largest absolute Gasteiger partial charge is 1.00 e. The first-order valence-electron chi connectivity index (χ1n) is 15.2. The van der Waals surface area contributed by atoms with Crippen LogP contribution in [0.4, 0.5) is 0 Å². The predicted octanol–water partition coefficient (Wildman–Crippen LogP) is 3.00. The standard InChI is InChI=1S/C16H21BO4.C10H9BrO2.C9H7O2.CH2O3.2Na.Y/c1-15(2)16(3,4)21-17(20-15)12-6-7-14-11(8-12)9-13(19-14)10-18-5;1-12-6-9-5-7-4-8(11)2-3-10(7)13-9;10-6-8-5-7-3-1-2-4-9(7)11-8;2-1-4-3;;;/h6-9H,10H2,1-5H3;2-5H,6H2,1H3;2-5,10H,6H2;1,3H;;;/q;;-1;;;+1;/p-1. The summed E-state index contributed by atoms with van der Waals surface area (Å²) in [7, 11) is 2.96. The molecule has 0 bridgehead atoms. The van der Waals surface area contributed by atoms with E-state index in [1.165, 1.54) is 0 Å². The molecule has 1 fully saturated rings. The molecule has 1 aliphatic rings. The fourth-order valence-corrected chi connectivity index (χ4v) is 5.17. The van der Waals surface area contributed by atoms with Crippen molar-refractivity contribution in [1.82, 2.24) is 0 Å². The summed E-state index contributed by atoms with van der Waals surface area (Å²) < 4.78 is 39.8. The van der Waals surface area contributed by atoms with Crippen LogP contribution in [0.2, 0.25) is 0 Å². The molecule has 11 nitrogen and oxygen atoms in total. The summed E-state index contributed by atoms with van der Waals surface area (Å²) in [6.45, 7) is 8.99. The molecule has 1 aliphatic heterocycles. The molecule has 0 spiro atoms. The van der Waals surface area contributed by atoms with Crippen molar-refractivity contribution in [3.8, 4) is 0 Å². The molecular formula is C36H38BBrNa2O11Y-. The average molecular weight is 872 g/mol. The minimum absolute atomic E-state index is 0. The van der Waals surface area contributed by atoms with E-state index in [2.05, 4.69) is 60.6 Å². The monoisotopic (exact) mass is 871 g/mol. The Kier molecular flexibility index (Phi) is 22.0. The second kappa shape index (κ2) is 23.3. The van der Waals surface area contributed by atoms with Gasteiger partial charge in [0.05, 0.1) is 17.8 Å². The Bertz CT molecular complexity index is 1910. The number of hydrogen-bond donors (Lipinski definition) is 1. The number of furan rings is 3. The van der Waals surface area contributed by atoms with Gasteiger partial charge in [-0.05, 0) is 69.6 Å². The first kappa shape index (κ1) is 49.2. The van der Waals surface area contributed by atoms with Gasteiger partial charge >= 0.3 is 36.7 Å². The van der Waals surface area contributed by atoms with Crippen molar-refractivity contribution in [3.63, 3.8) is 0 Å². The topological polar surface area (TPSA) is 146 Å². The number of hydrogen-bond acceptors (Lipinski definition) is 11. The first-order valence-corrected chi connectivity index (χ1v) is 16.0. The van der Waals surface area contributed by atoms with Gasteiger partial charge in [0.25, 0.3) is 6.47 Å². The van der Waals surface area contributed by atoms with Crippen LogP contribution in [-0.4, -0.2) is 73.7 Å². The Labute approximate surface area is 381 Å². The van der Waals surface area contributed by atoms with Crippen molar-refractivity contribution in [2.24, 2.45) is 0 Å². The molecule has 52 heavy (non-hydrogen) atoms. The number of halogens is 1. The molecular weight excluding hydrogens is 834 g/mol. The van der Waals surface area contributed by atoms with Crippen LogP contribution >= 0.6 is 15.9 Å². The Morgan fingerprint density at radius 1 is 0.808 bits per heavy atom. The zero-order valence-electron chi connectivity index (χ0n) is 30.7. The summed E-state index contributed by atoms with van der Waals surface area (Å²) >= 11 is 3.41. The summed E-state index contributed by atoms with van der Waals surface area (Å²) in [5.74, 6) is 2.27. The zero-order chi connectivity index (χ0) is 35.6. The smallest absolute Gasteiger partial charge is 0.662 e. The second-order valence-electron chi connectivity index (χ2n) is 11.9. The van der Waals surface area contributed by atoms with Gasteiger partial charge in [-0.2, -0.15) is 18.2 Å². The number of benzene rings is 3. The summed E-state index contributed by atoms with van der Waals surface area (Å²) in [6, 6.07) is 26.1. The molecule has 6 aromatic rings. The van der Waals surface area contributed by atoms with Crippen molar-refractivity contribution in [2.75, 3.05) is 14.2 Å². The number of aliphatic hydroxyl groups excluding tert-OH is 1. The summed E-state index contributed by atoms with van der Waals surface area (Å²) in [5.41, 5.74) is 2.89. The molecule has 0 aliphatic carbocycles. The van der Waals surface area contributed by atoms with E-state index in [1.54, 1.807) is 20.3 Å². The zero-order valence-corrected chi connectivity index (χ0v) is 39.1. The Morgan fingerprint density at radius 2 is 1.29 bits per heavy atom. The third-order valence-corrected chi connectivity index (χ3v) is 8.32. The van der Waals surface area contributed by atoms with Crippen molar-refractivity contribution < 1.29 is 114 Å². The molecule has 264 valence electrons.